The zero-order valence-electron chi connectivity index (χ0n) is 12.8. The number of para-hydroxylation sites is 1. The van der Waals surface area contributed by atoms with Gasteiger partial charge in [0.25, 0.3) is 5.91 Å². The number of amides is 2. The van der Waals surface area contributed by atoms with Crippen LogP contribution in [0.1, 0.15) is 18.9 Å². The van der Waals surface area contributed by atoms with E-state index in [4.69, 9.17) is 0 Å². The number of aryl methyl sites for hydroxylation is 1. The highest BCUT2D eigenvalue weighted by atomic mass is 79.9. The lowest BCUT2D eigenvalue weighted by molar-refractivity contribution is -0.121. The van der Waals surface area contributed by atoms with Gasteiger partial charge < -0.3 is 5.32 Å². The van der Waals surface area contributed by atoms with Gasteiger partial charge in [0.15, 0.2) is 0 Å². The molecule has 1 aliphatic rings. The van der Waals surface area contributed by atoms with E-state index in [1.54, 1.807) is 0 Å². The molecule has 1 N–H and O–H groups in total. The first-order valence-corrected chi connectivity index (χ1v) is 8.36. The zero-order valence-corrected chi connectivity index (χ0v) is 14.3. The highest BCUT2D eigenvalue weighted by Gasteiger charge is 2.40. The van der Waals surface area contributed by atoms with Crippen LogP contribution in [0.2, 0.25) is 0 Å². The fourth-order valence-electron chi connectivity index (χ4n) is 2.77. The molecule has 3 rings (SSSR count). The second kappa shape index (κ2) is 6.54. The van der Waals surface area contributed by atoms with E-state index in [1.165, 1.54) is 4.90 Å². The monoisotopic (exact) mass is 372 g/mol. The lowest BCUT2D eigenvalue weighted by Crippen LogP contribution is -2.35. The number of carbonyl (C=O) groups is 2. The van der Waals surface area contributed by atoms with Crippen LogP contribution in [0.3, 0.4) is 0 Å². The summed E-state index contributed by atoms with van der Waals surface area (Å²) in [7, 11) is 0. The second-order valence-corrected chi connectivity index (χ2v) is 6.37. The molecule has 0 saturated carbocycles. The summed E-state index contributed by atoms with van der Waals surface area (Å²) >= 11 is 3.38. The third-order valence-electron chi connectivity index (χ3n) is 3.95. The minimum absolute atomic E-state index is 0.162. The van der Waals surface area contributed by atoms with Crippen molar-refractivity contribution in [3.05, 3.63) is 58.6 Å². The highest BCUT2D eigenvalue weighted by Crippen LogP contribution is 2.28. The van der Waals surface area contributed by atoms with E-state index in [2.05, 4.69) is 21.2 Å². The van der Waals surface area contributed by atoms with Gasteiger partial charge in [-0.25, -0.2) is 4.90 Å². The van der Waals surface area contributed by atoms with Crippen LogP contribution in [0.5, 0.6) is 0 Å². The summed E-state index contributed by atoms with van der Waals surface area (Å²) in [6.45, 7) is 2.02. The first kappa shape index (κ1) is 15.7. The molecular weight excluding hydrogens is 356 g/mol. The molecule has 1 aliphatic heterocycles. The first-order valence-electron chi connectivity index (χ1n) is 7.57. The molecule has 2 amide bonds. The average Bonchev–Trinajstić information content (AvgIpc) is 2.83. The number of halogens is 1. The van der Waals surface area contributed by atoms with Gasteiger partial charge in [0.2, 0.25) is 5.91 Å². The van der Waals surface area contributed by atoms with Crippen molar-refractivity contribution in [3.8, 4) is 0 Å². The number of rotatable bonds is 4. The molecule has 1 fully saturated rings. The Morgan fingerprint density at radius 3 is 2.52 bits per heavy atom. The van der Waals surface area contributed by atoms with Crippen LogP contribution in [-0.4, -0.2) is 17.9 Å². The van der Waals surface area contributed by atoms with Gasteiger partial charge in [-0.15, -0.1) is 0 Å². The first-order chi connectivity index (χ1) is 11.1. The van der Waals surface area contributed by atoms with Crippen molar-refractivity contribution < 1.29 is 9.59 Å². The van der Waals surface area contributed by atoms with Crippen LogP contribution >= 0.6 is 15.9 Å². The molecule has 1 atom stereocenters. The van der Waals surface area contributed by atoms with E-state index in [1.807, 2.05) is 55.5 Å². The van der Waals surface area contributed by atoms with E-state index >= 15 is 0 Å². The molecule has 0 radical (unpaired) electrons. The summed E-state index contributed by atoms with van der Waals surface area (Å²) in [5.41, 5.74) is 2.52. The maximum absolute atomic E-state index is 12.7. The van der Waals surface area contributed by atoms with Crippen molar-refractivity contribution in [1.82, 2.24) is 0 Å². The van der Waals surface area contributed by atoms with Crippen molar-refractivity contribution >= 4 is 39.1 Å². The van der Waals surface area contributed by atoms with Gasteiger partial charge in [0.1, 0.15) is 6.04 Å². The van der Waals surface area contributed by atoms with E-state index in [9.17, 15) is 9.59 Å². The molecule has 1 heterocycles. The molecule has 0 aliphatic carbocycles. The van der Waals surface area contributed by atoms with Crippen LogP contribution in [0.25, 0.3) is 0 Å². The number of hydrogen-bond donors (Lipinski definition) is 1. The minimum atomic E-state index is -0.520. The van der Waals surface area contributed by atoms with Crippen LogP contribution in [0, 0.1) is 0 Å². The van der Waals surface area contributed by atoms with E-state index < -0.39 is 6.04 Å². The van der Waals surface area contributed by atoms with Crippen molar-refractivity contribution in [3.63, 3.8) is 0 Å². The van der Waals surface area contributed by atoms with Crippen LogP contribution in [-0.2, 0) is 16.0 Å². The highest BCUT2D eigenvalue weighted by molar-refractivity contribution is 9.10. The molecule has 5 heteroatoms. The third-order valence-corrected chi connectivity index (χ3v) is 4.47. The smallest absolute Gasteiger partial charge is 0.256 e. The van der Waals surface area contributed by atoms with Crippen LogP contribution < -0.4 is 10.2 Å². The van der Waals surface area contributed by atoms with Crippen molar-refractivity contribution in [2.75, 3.05) is 10.2 Å². The number of anilines is 2. The van der Waals surface area contributed by atoms with E-state index in [-0.39, 0.29) is 18.2 Å². The number of hydrogen-bond acceptors (Lipinski definition) is 3. The number of imide groups is 1. The van der Waals surface area contributed by atoms with Gasteiger partial charge >= 0.3 is 0 Å². The molecule has 2 aromatic rings. The molecule has 118 valence electrons. The minimum Gasteiger partial charge on any atom is -0.373 e. The van der Waals surface area contributed by atoms with Gasteiger partial charge in [-0.1, -0.05) is 41.1 Å². The van der Waals surface area contributed by atoms with Crippen molar-refractivity contribution in [2.45, 2.75) is 25.8 Å². The second-order valence-electron chi connectivity index (χ2n) is 5.46. The predicted molar refractivity (Wildman–Crippen MR) is 94.5 cm³/mol. The summed E-state index contributed by atoms with van der Waals surface area (Å²) in [5.74, 6) is -0.357. The standard InChI is InChI=1S/C18H17BrN2O2/c1-2-12-5-3-4-6-16(12)21-17(22)11-15(18(21)23)20-14-9-7-13(19)8-10-14/h3-10,15,20H,2,11H2,1H3/t15-/m1/s1. The lowest BCUT2D eigenvalue weighted by atomic mass is 10.1. The SMILES string of the molecule is CCc1ccccc1N1C(=O)C[C@@H](Nc2ccc(Br)cc2)C1=O. The zero-order chi connectivity index (χ0) is 16.4. The van der Waals surface area contributed by atoms with Gasteiger partial charge in [0, 0.05) is 10.2 Å². The summed E-state index contributed by atoms with van der Waals surface area (Å²) in [5, 5.41) is 3.15. The number of nitrogens with zero attached hydrogens (tertiary/aromatic N) is 1. The molecule has 2 aromatic carbocycles. The molecule has 23 heavy (non-hydrogen) atoms. The molecule has 0 spiro atoms. The normalized spacial score (nSPS) is 17.7. The Morgan fingerprint density at radius 2 is 1.83 bits per heavy atom. The molecule has 0 bridgehead atoms. The molecule has 0 unspecified atom stereocenters. The average molecular weight is 373 g/mol. The Labute approximate surface area is 143 Å². The van der Waals surface area contributed by atoms with E-state index in [0.717, 1.165) is 22.1 Å². The Hall–Kier alpha value is -2.14. The van der Waals surface area contributed by atoms with Crippen LogP contribution in [0.15, 0.2) is 53.0 Å². The van der Waals surface area contributed by atoms with Gasteiger partial charge in [-0.05, 0) is 42.3 Å². The van der Waals surface area contributed by atoms with Crippen molar-refractivity contribution in [2.24, 2.45) is 0 Å². The van der Waals surface area contributed by atoms with Crippen LogP contribution in [0.4, 0.5) is 11.4 Å². The summed E-state index contributed by atoms with van der Waals surface area (Å²) in [6.07, 6.45) is 0.949. The molecule has 1 saturated heterocycles. The topological polar surface area (TPSA) is 49.4 Å². The summed E-state index contributed by atoms with van der Waals surface area (Å²) in [4.78, 5) is 26.4. The largest absolute Gasteiger partial charge is 0.373 e. The lowest BCUT2D eigenvalue weighted by Gasteiger charge is -2.19. The Balaban J connectivity index is 1.84. The molecule has 0 aromatic heterocycles. The third kappa shape index (κ3) is 3.15. The quantitative estimate of drug-likeness (QED) is 0.831. The Kier molecular flexibility index (Phi) is 4.48. The molecular formula is C18H17BrN2O2. The number of benzene rings is 2. The van der Waals surface area contributed by atoms with Gasteiger partial charge in [-0.3, -0.25) is 9.59 Å². The Morgan fingerprint density at radius 1 is 1.13 bits per heavy atom. The van der Waals surface area contributed by atoms with Gasteiger partial charge in [0.05, 0.1) is 12.1 Å². The fraction of sp³-hybridized carbons (Fsp3) is 0.222. The maximum atomic E-state index is 12.7. The fourth-order valence-corrected chi connectivity index (χ4v) is 3.04. The number of carbonyl (C=O) groups excluding carboxylic acids is 2. The Bertz CT molecular complexity index is 743. The van der Waals surface area contributed by atoms with Crippen molar-refractivity contribution in [1.29, 1.82) is 0 Å². The summed E-state index contributed by atoms with van der Waals surface area (Å²) < 4.78 is 0.968. The molecule has 4 nitrogen and oxygen atoms in total. The van der Waals surface area contributed by atoms with E-state index in [0.29, 0.717) is 5.69 Å². The van der Waals surface area contributed by atoms with Gasteiger partial charge in [-0.2, -0.15) is 0 Å². The summed E-state index contributed by atoms with van der Waals surface area (Å²) in [6, 6.07) is 14.6. The maximum Gasteiger partial charge on any atom is 0.256 e. The predicted octanol–water partition coefficient (Wildman–Crippen LogP) is 3.76. The number of nitrogens with one attached hydrogen (secondary N) is 1.